The van der Waals surface area contributed by atoms with Gasteiger partial charge in [0.15, 0.2) is 5.78 Å². The SMILES string of the molecule is O=C1C=C(CCc2ccsc2)CC1. The standard InChI is InChI=1S/C11H12OS/c12-11-4-3-9(7-11)1-2-10-5-6-13-8-10/h5-8H,1-4H2. The van der Waals surface area contributed by atoms with Gasteiger partial charge < -0.3 is 0 Å². The van der Waals surface area contributed by atoms with Crippen LogP contribution in [0.1, 0.15) is 24.8 Å². The molecule has 1 aliphatic carbocycles. The lowest BCUT2D eigenvalue weighted by molar-refractivity contribution is -0.114. The Morgan fingerprint density at radius 2 is 2.23 bits per heavy atom. The van der Waals surface area contributed by atoms with Gasteiger partial charge in [0.25, 0.3) is 0 Å². The van der Waals surface area contributed by atoms with E-state index in [0.717, 1.165) is 25.7 Å². The summed E-state index contributed by atoms with van der Waals surface area (Å²) in [7, 11) is 0. The van der Waals surface area contributed by atoms with Crippen molar-refractivity contribution in [3.8, 4) is 0 Å². The smallest absolute Gasteiger partial charge is 0.155 e. The molecule has 0 bridgehead atoms. The van der Waals surface area contributed by atoms with Gasteiger partial charge in [0.1, 0.15) is 0 Å². The largest absolute Gasteiger partial charge is 0.295 e. The highest BCUT2D eigenvalue weighted by molar-refractivity contribution is 7.07. The molecule has 0 spiro atoms. The van der Waals surface area contributed by atoms with Crippen molar-refractivity contribution in [1.82, 2.24) is 0 Å². The molecule has 1 aromatic rings. The summed E-state index contributed by atoms with van der Waals surface area (Å²) >= 11 is 1.74. The van der Waals surface area contributed by atoms with Crippen molar-refractivity contribution >= 4 is 17.1 Å². The summed E-state index contributed by atoms with van der Waals surface area (Å²) < 4.78 is 0. The lowest BCUT2D eigenvalue weighted by Gasteiger charge is -1.98. The van der Waals surface area contributed by atoms with Crippen LogP contribution in [0.5, 0.6) is 0 Å². The maximum atomic E-state index is 10.9. The van der Waals surface area contributed by atoms with Crippen LogP contribution in [0, 0.1) is 0 Å². The zero-order chi connectivity index (χ0) is 9.10. The topological polar surface area (TPSA) is 17.1 Å². The maximum absolute atomic E-state index is 10.9. The number of aryl methyl sites for hydroxylation is 1. The molecule has 68 valence electrons. The van der Waals surface area contributed by atoms with Gasteiger partial charge in [-0.2, -0.15) is 11.3 Å². The normalized spacial score (nSPS) is 16.3. The molecule has 1 heterocycles. The second-order valence-corrected chi connectivity index (χ2v) is 4.18. The third-order valence-electron chi connectivity index (χ3n) is 2.37. The number of ketones is 1. The lowest BCUT2D eigenvalue weighted by atomic mass is 10.1. The number of carbonyl (C=O) groups excluding carboxylic acids is 1. The molecule has 0 unspecified atom stereocenters. The van der Waals surface area contributed by atoms with Crippen LogP contribution in [0.15, 0.2) is 28.5 Å². The first-order valence-electron chi connectivity index (χ1n) is 4.58. The Hall–Kier alpha value is -0.890. The number of hydrogen-bond donors (Lipinski definition) is 0. The molecule has 0 fully saturated rings. The van der Waals surface area contributed by atoms with E-state index in [1.165, 1.54) is 11.1 Å². The Balaban J connectivity index is 1.87. The van der Waals surface area contributed by atoms with Gasteiger partial charge in [-0.25, -0.2) is 0 Å². The van der Waals surface area contributed by atoms with E-state index in [1.54, 1.807) is 11.3 Å². The van der Waals surface area contributed by atoms with Gasteiger partial charge in [-0.15, -0.1) is 0 Å². The van der Waals surface area contributed by atoms with E-state index in [1.807, 2.05) is 6.08 Å². The summed E-state index contributed by atoms with van der Waals surface area (Å²) in [5.41, 5.74) is 2.72. The fraction of sp³-hybridized carbons (Fsp3) is 0.364. The van der Waals surface area contributed by atoms with E-state index in [4.69, 9.17) is 0 Å². The molecular weight excluding hydrogens is 180 g/mol. The molecular formula is C11H12OS. The summed E-state index contributed by atoms with van der Waals surface area (Å²) in [4.78, 5) is 10.9. The molecule has 13 heavy (non-hydrogen) atoms. The maximum Gasteiger partial charge on any atom is 0.155 e. The van der Waals surface area contributed by atoms with E-state index >= 15 is 0 Å². The fourth-order valence-electron chi connectivity index (χ4n) is 1.59. The number of allylic oxidation sites excluding steroid dienone is 2. The van der Waals surface area contributed by atoms with Gasteiger partial charge in [-0.3, -0.25) is 4.79 Å². The fourth-order valence-corrected chi connectivity index (χ4v) is 2.30. The minimum atomic E-state index is 0.306. The first-order valence-corrected chi connectivity index (χ1v) is 5.52. The predicted octanol–water partition coefficient (Wildman–Crippen LogP) is 2.97. The Kier molecular flexibility index (Phi) is 2.60. The number of carbonyl (C=O) groups is 1. The number of hydrogen-bond acceptors (Lipinski definition) is 2. The monoisotopic (exact) mass is 192 g/mol. The minimum Gasteiger partial charge on any atom is -0.295 e. The van der Waals surface area contributed by atoms with Gasteiger partial charge in [0.05, 0.1) is 0 Å². The summed E-state index contributed by atoms with van der Waals surface area (Å²) in [6.45, 7) is 0. The van der Waals surface area contributed by atoms with Crippen LogP contribution in [0.25, 0.3) is 0 Å². The van der Waals surface area contributed by atoms with E-state index < -0.39 is 0 Å². The van der Waals surface area contributed by atoms with E-state index in [0.29, 0.717) is 5.78 Å². The highest BCUT2D eigenvalue weighted by Gasteiger charge is 2.11. The third kappa shape index (κ3) is 2.28. The van der Waals surface area contributed by atoms with Gasteiger partial charge in [-0.1, -0.05) is 5.57 Å². The predicted molar refractivity (Wildman–Crippen MR) is 55.0 cm³/mol. The number of rotatable bonds is 3. The zero-order valence-corrected chi connectivity index (χ0v) is 8.27. The Labute approximate surface area is 82.1 Å². The average Bonchev–Trinajstić information content (AvgIpc) is 2.71. The molecule has 0 saturated carbocycles. The number of thiophene rings is 1. The molecule has 1 aliphatic rings. The highest BCUT2D eigenvalue weighted by Crippen LogP contribution is 2.20. The van der Waals surface area contributed by atoms with Gasteiger partial charge >= 0.3 is 0 Å². The van der Waals surface area contributed by atoms with Crippen molar-refractivity contribution < 1.29 is 4.79 Å². The van der Waals surface area contributed by atoms with Crippen LogP contribution in [0.2, 0.25) is 0 Å². The van der Waals surface area contributed by atoms with Crippen molar-refractivity contribution in [3.63, 3.8) is 0 Å². The van der Waals surface area contributed by atoms with E-state index in [9.17, 15) is 4.79 Å². The molecule has 0 radical (unpaired) electrons. The lowest BCUT2D eigenvalue weighted by Crippen LogP contribution is -1.84. The van der Waals surface area contributed by atoms with Gasteiger partial charge in [0, 0.05) is 6.42 Å². The molecule has 0 N–H and O–H groups in total. The molecule has 0 aliphatic heterocycles. The Morgan fingerprint density at radius 3 is 2.85 bits per heavy atom. The van der Waals surface area contributed by atoms with Crippen molar-refractivity contribution in [2.75, 3.05) is 0 Å². The van der Waals surface area contributed by atoms with Crippen molar-refractivity contribution in [2.45, 2.75) is 25.7 Å². The molecule has 0 aromatic carbocycles. The second kappa shape index (κ2) is 3.88. The van der Waals surface area contributed by atoms with Crippen molar-refractivity contribution in [1.29, 1.82) is 0 Å². The molecule has 1 nitrogen and oxygen atoms in total. The van der Waals surface area contributed by atoms with Crippen LogP contribution in [-0.2, 0) is 11.2 Å². The van der Waals surface area contributed by atoms with E-state index in [-0.39, 0.29) is 0 Å². The van der Waals surface area contributed by atoms with Gasteiger partial charge in [0.2, 0.25) is 0 Å². The first kappa shape index (κ1) is 8.70. The highest BCUT2D eigenvalue weighted by atomic mass is 32.1. The first-order chi connectivity index (χ1) is 6.34. The van der Waals surface area contributed by atoms with Gasteiger partial charge in [-0.05, 0) is 47.7 Å². The summed E-state index contributed by atoms with van der Waals surface area (Å²) in [5.74, 6) is 0.306. The van der Waals surface area contributed by atoms with Crippen LogP contribution in [0.3, 0.4) is 0 Å². The van der Waals surface area contributed by atoms with Crippen LogP contribution < -0.4 is 0 Å². The molecule has 2 heteroatoms. The second-order valence-electron chi connectivity index (χ2n) is 3.40. The Bertz CT molecular complexity index is 322. The molecule has 0 atom stereocenters. The summed E-state index contributed by atoms with van der Waals surface area (Å²) in [6, 6.07) is 2.15. The summed E-state index contributed by atoms with van der Waals surface area (Å²) in [6.07, 6.45) is 5.69. The molecule has 0 saturated heterocycles. The third-order valence-corrected chi connectivity index (χ3v) is 3.10. The molecule has 2 rings (SSSR count). The Morgan fingerprint density at radius 1 is 1.31 bits per heavy atom. The molecule has 1 aromatic heterocycles. The van der Waals surface area contributed by atoms with Crippen molar-refractivity contribution in [3.05, 3.63) is 34.0 Å². The van der Waals surface area contributed by atoms with Crippen LogP contribution in [0.4, 0.5) is 0 Å². The minimum absolute atomic E-state index is 0.306. The zero-order valence-electron chi connectivity index (χ0n) is 7.45. The van der Waals surface area contributed by atoms with Crippen LogP contribution >= 0.6 is 11.3 Å². The van der Waals surface area contributed by atoms with Crippen LogP contribution in [-0.4, -0.2) is 5.78 Å². The quantitative estimate of drug-likeness (QED) is 0.719. The molecule has 0 amide bonds. The summed E-state index contributed by atoms with van der Waals surface area (Å²) in [5, 5.41) is 4.28. The average molecular weight is 192 g/mol. The van der Waals surface area contributed by atoms with E-state index in [2.05, 4.69) is 16.8 Å². The van der Waals surface area contributed by atoms with Crippen molar-refractivity contribution in [2.24, 2.45) is 0 Å².